The number of hydrogen-bond donors (Lipinski definition) is 3. The van der Waals surface area contributed by atoms with Crippen molar-refractivity contribution in [1.29, 1.82) is 0 Å². The molecule has 0 saturated carbocycles. The van der Waals surface area contributed by atoms with Crippen molar-refractivity contribution < 1.29 is 42.3 Å². The molecule has 9 nitrogen and oxygen atoms in total. The maximum atomic E-state index is 15.3. The first-order valence-corrected chi connectivity index (χ1v) is 12.3. The van der Waals surface area contributed by atoms with Gasteiger partial charge in [-0.05, 0) is 38.6 Å². The van der Waals surface area contributed by atoms with Gasteiger partial charge in [0.2, 0.25) is 11.5 Å². The third-order valence-corrected chi connectivity index (χ3v) is 7.96. The minimum atomic E-state index is -0.692. The molecule has 2 fully saturated rings. The summed E-state index contributed by atoms with van der Waals surface area (Å²) in [6.07, 6.45) is 0. The molecule has 11 heteroatoms. The van der Waals surface area contributed by atoms with Crippen molar-refractivity contribution in [3.63, 3.8) is 0 Å². The fourth-order valence-electron chi connectivity index (χ4n) is 4.96. The van der Waals surface area contributed by atoms with Crippen LogP contribution in [-0.4, -0.2) is 49.9 Å². The van der Waals surface area contributed by atoms with Gasteiger partial charge in [-0.2, -0.15) is 0 Å². The molecule has 2 saturated heterocycles. The summed E-state index contributed by atoms with van der Waals surface area (Å²) in [6.45, 7) is 9.03. The Morgan fingerprint density at radius 2 is 1.91 bits per heavy atom. The zero-order valence-corrected chi connectivity index (χ0v) is 20.0. The van der Waals surface area contributed by atoms with Gasteiger partial charge in [0, 0.05) is 0 Å². The molecule has 5 rings (SSSR count). The van der Waals surface area contributed by atoms with Crippen LogP contribution < -0.4 is 20.5 Å². The van der Waals surface area contributed by atoms with Crippen molar-refractivity contribution in [3.05, 3.63) is 56.3 Å². The Balaban J connectivity index is 1.37. The van der Waals surface area contributed by atoms with E-state index < -0.39 is 23.4 Å². The number of piperazine rings is 1. The molecule has 2 aromatic rings. The average molecular weight is 493 g/mol. The number of quaternary nitrogens is 3. The highest BCUT2D eigenvalue weighted by Crippen LogP contribution is 2.38. The fourth-order valence-corrected chi connectivity index (χ4v) is 6.19. The van der Waals surface area contributed by atoms with Gasteiger partial charge < -0.3 is 18.5 Å². The van der Waals surface area contributed by atoms with Gasteiger partial charge >= 0.3 is 11.8 Å². The summed E-state index contributed by atoms with van der Waals surface area (Å²) < 4.78 is 30.4. The number of aryl methyl sites for hydroxylation is 1. The number of esters is 1. The smallest absolute Gasteiger partial charge is 0.462 e. The van der Waals surface area contributed by atoms with Crippen LogP contribution in [-0.2, 0) is 16.1 Å². The summed E-state index contributed by atoms with van der Waals surface area (Å²) in [5, 5.41) is 0.760. The SMILES string of the molecule is CCOC(=O)C1=C2SC(C)[NH+]2c2cc([NH+]3CC[NH+](Cc4oc(=O)oc4C)CC3)c(F)cc2C1=O. The van der Waals surface area contributed by atoms with Crippen LogP contribution >= 0.6 is 11.8 Å². The standard InChI is InChI=1S/C23H24FN3O6S/c1-4-31-22(29)19-20(28)14-9-15(24)17(10-16(14)27-13(3)34-21(19)27)26-7-5-25(6-8-26)11-18-12(2)32-23(30)33-18/h9-10,13H,4-8,11H2,1-3H3/p+3. The predicted octanol–water partition coefficient (Wildman–Crippen LogP) is -1.12. The molecule has 34 heavy (non-hydrogen) atoms. The molecule has 0 amide bonds. The second-order valence-electron chi connectivity index (χ2n) is 8.77. The normalized spacial score (nSPS) is 26.1. The van der Waals surface area contributed by atoms with Crippen molar-refractivity contribution >= 4 is 34.9 Å². The maximum Gasteiger partial charge on any atom is 0.519 e. The lowest BCUT2D eigenvalue weighted by Gasteiger charge is -2.39. The minimum Gasteiger partial charge on any atom is -0.462 e. The monoisotopic (exact) mass is 492 g/mol. The van der Waals surface area contributed by atoms with Crippen LogP contribution in [0.1, 0.15) is 35.7 Å². The molecule has 2 atom stereocenters. The number of carbonyl (C=O) groups is 2. The van der Waals surface area contributed by atoms with Crippen LogP contribution in [0.4, 0.5) is 15.8 Å². The van der Waals surface area contributed by atoms with Gasteiger partial charge in [-0.15, -0.1) is 0 Å². The highest BCUT2D eigenvalue weighted by molar-refractivity contribution is 8.04. The predicted molar refractivity (Wildman–Crippen MR) is 119 cm³/mol. The zero-order valence-electron chi connectivity index (χ0n) is 19.2. The molecule has 1 aromatic heterocycles. The summed E-state index contributed by atoms with van der Waals surface area (Å²) in [4.78, 5) is 40.0. The number of ketones is 1. The number of ether oxygens (including phenoxy) is 1. The van der Waals surface area contributed by atoms with Gasteiger partial charge in [0.1, 0.15) is 32.7 Å². The van der Waals surface area contributed by atoms with E-state index in [1.165, 1.54) is 22.7 Å². The Morgan fingerprint density at radius 3 is 2.53 bits per heavy atom. The molecular weight excluding hydrogens is 465 g/mol. The number of Topliss-reactive ketones (excluding diaryl/α,β-unsaturated/α-hetero) is 1. The number of carbonyl (C=O) groups excluding carboxylic acids is 2. The molecule has 0 radical (unpaired) electrons. The Bertz CT molecular complexity index is 1260. The van der Waals surface area contributed by atoms with E-state index in [0.29, 0.717) is 47.6 Å². The van der Waals surface area contributed by atoms with Gasteiger partial charge in [0.05, 0.1) is 18.2 Å². The first kappa shape index (κ1) is 23.0. The number of thioether (sulfide) groups is 1. The third-order valence-electron chi connectivity index (χ3n) is 6.71. The van der Waals surface area contributed by atoms with Crippen LogP contribution in [0.5, 0.6) is 0 Å². The summed E-state index contributed by atoms with van der Waals surface area (Å²) in [7, 11) is 0. The van der Waals surface area contributed by atoms with E-state index in [-0.39, 0.29) is 23.1 Å². The summed E-state index contributed by atoms with van der Waals surface area (Å²) in [5.41, 5.74) is 1.50. The Labute approximate surface area is 199 Å². The van der Waals surface area contributed by atoms with Crippen molar-refractivity contribution in [3.8, 4) is 0 Å². The van der Waals surface area contributed by atoms with E-state index in [4.69, 9.17) is 13.6 Å². The van der Waals surface area contributed by atoms with Gasteiger partial charge in [-0.3, -0.25) is 14.6 Å². The van der Waals surface area contributed by atoms with Crippen molar-refractivity contribution in [1.82, 2.24) is 0 Å². The molecule has 3 N–H and O–H groups in total. The molecule has 180 valence electrons. The van der Waals surface area contributed by atoms with Crippen molar-refractivity contribution in [2.45, 2.75) is 32.7 Å². The topological polar surface area (TPSA) is 100 Å². The van der Waals surface area contributed by atoms with E-state index in [1.54, 1.807) is 19.9 Å². The second kappa shape index (κ2) is 8.81. The Kier molecular flexibility index (Phi) is 5.96. The van der Waals surface area contributed by atoms with Crippen LogP contribution in [0.25, 0.3) is 0 Å². The van der Waals surface area contributed by atoms with E-state index in [2.05, 4.69) is 0 Å². The lowest BCUT2D eigenvalue weighted by Crippen LogP contribution is -3.25. The van der Waals surface area contributed by atoms with Gasteiger partial charge in [-0.1, -0.05) is 0 Å². The first-order chi connectivity index (χ1) is 16.3. The highest BCUT2D eigenvalue weighted by Gasteiger charge is 2.51. The summed E-state index contributed by atoms with van der Waals surface area (Å²) in [5.74, 6) is -1.22. The van der Waals surface area contributed by atoms with E-state index in [1.807, 2.05) is 6.92 Å². The number of fused-ring (bicyclic) bond motifs is 3. The van der Waals surface area contributed by atoms with Gasteiger partial charge in [-0.25, -0.2) is 14.0 Å². The lowest BCUT2D eigenvalue weighted by molar-refractivity contribution is -0.995. The number of rotatable bonds is 5. The first-order valence-electron chi connectivity index (χ1n) is 11.4. The average Bonchev–Trinajstić information content (AvgIpc) is 3.10. The van der Waals surface area contributed by atoms with Crippen LogP contribution in [0, 0.1) is 12.7 Å². The molecule has 0 bridgehead atoms. The molecular formula is C23H27FN3O6S+3. The zero-order chi connectivity index (χ0) is 24.1. The largest absolute Gasteiger partial charge is 0.519 e. The molecule has 3 aliphatic rings. The van der Waals surface area contributed by atoms with Crippen LogP contribution in [0.3, 0.4) is 0 Å². The quantitative estimate of drug-likeness (QED) is 0.359. The molecule has 3 aliphatic heterocycles. The van der Waals surface area contributed by atoms with Crippen molar-refractivity contribution in [2.24, 2.45) is 0 Å². The lowest BCUT2D eigenvalue weighted by atomic mass is 9.96. The molecule has 4 heterocycles. The van der Waals surface area contributed by atoms with Crippen LogP contribution in [0.2, 0.25) is 0 Å². The van der Waals surface area contributed by atoms with Crippen molar-refractivity contribution in [2.75, 3.05) is 32.8 Å². The molecule has 0 aliphatic carbocycles. The van der Waals surface area contributed by atoms with E-state index in [9.17, 15) is 14.4 Å². The third kappa shape index (κ3) is 3.82. The van der Waals surface area contributed by atoms with Gasteiger partial charge in [0.25, 0.3) is 0 Å². The Morgan fingerprint density at radius 1 is 1.18 bits per heavy atom. The number of halogens is 1. The maximum absolute atomic E-state index is 15.3. The van der Waals surface area contributed by atoms with E-state index in [0.717, 1.165) is 22.9 Å². The summed E-state index contributed by atoms with van der Waals surface area (Å²) >= 11 is 1.47. The highest BCUT2D eigenvalue weighted by atomic mass is 32.2. The molecule has 1 aromatic carbocycles. The number of benzene rings is 1. The fraction of sp³-hybridized carbons (Fsp3) is 0.435. The molecule has 2 unspecified atom stereocenters. The van der Waals surface area contributed by atoms with Gasteiger partial charge in [0.15, 0.2) is 38.9 Å². The number of hydrogen-bond acceptors (Lipinski definition) is 7. The van der Waals surface area contributed by atoms with Crippen LogP contribution in [0.15, 0.2) is 36.4 Å². The Hall–Kier alpha value is -2.73. The second-order valence-corrected chi connectivity index (χ2v) is 10.1. The summed E-state index contributed by atoms with van der Waals surface area (Å²) in [6, 6.07) is 3.07. The number of nitrogens with one attached hydrogen (secondary N) is 3. The molecule has 0 spiro atoms. The van der Waals surface area contributed by atoms with E-state index >= 15 is 4.39 Å². The minimum absolute atomic E-state index is 0.0188.